The minimum absolute atomic E-state index is 0.190. The molecule has 1 atom stereocenters. The molecule has 1 amide bonds. The number of amides is 1. The summed E-state index contributed by atoms with van der Waals surface area (Å²) in [4.78, 5) is 12.4. The Bertz CT molecular complexity index is 928. The molecule has 0 radical (unpaired) electrons. The number of carbonyl (C=O) groups is 1. The van der Waals surface area contributed by atoms with Gasteiger partial charge in [0.25, 0.3) is 0 Å². The average molecular weight is 405 g/mol. The molecule has 140 valence electrons. The highest BCUT2D eigenvalue weighted by atomic mass is 35.5. The lowest BCUT2D eigenvalue weighted by atomic mass is 10.2. The van der Waals surface area contributed by atoms with Gasteiger partial charge in [-0.25, -0.2) is 4.39 Å². The molecule has 3 aromatic rings. The van der Waals surface area contributed by atoms with E-state index in [1.54, 1.807) is 19.1 Å². The predicted octanol–water partition coefficient (Wildman–Crippen LogP) is 4.88. The van der Waals surface area contributed by atoms with Crippen LogP contribution in [0.4, 0.5) is 10.1 Å². The summed E-state index contributed by atoms with van der Waals surface area (Å²) in [6.07, 6.45) is 0. The predicted molar refractivity (Wildman–Crippen MR) is 106 cm³/mol. The normalized spacial score (nSPS) is 12.0. The molecule has 5 nitrogen and oxygen atoms in total. The molecule has 1 N–H and O–H groups in total. The summed E-state index contributed by atoms with van der Waals surface area (Å²) in [5, 5.41) is 12.2. The van der Waals surface area contributed by atoms with E-state index in [-0.39, 0.29) is 11.7 Å². The second-order valence-corrected chi connectivity index (χ2v) is 7.56. The third-order valence-electron chi connectivity index (χ3n) is 3.90. The van der Waals surface area contributed by atoms with E-state index >= 15 is 0 Å². The van der Waals surface area contributed by atoms with E-state index in [1.165, 1.54) is 36.0 Å². The number of thioether (sulfide) groups is 1. The Morgan fingerprint density at radius 1 is 1.19 bits per heavy atom. The van der Waals surface area contributed by atoms with Crippen LogP contribution in [0.1, 0.15) is 13.8 Å². The van der Waals surface area contributed by atoms with Gasteiger partial charge in [0.1, 0.15) is 5.82 Å². The SMILES string of the molecule is CCn1c(SC(C)C(=O)Nc2ccc(F)cc2)nnc1-c1ccc(Cl)cc1. The number of nitrogens with zero attached hydrogens (tertiary/aromatic N) is 3. The Balaban J connectivity index is 1.73. The van der Waals surface area contributed by atoms with E-state index < -0.39 is 5.25 Å². The molecule has 0 aliphatic rings. The third-order valence-corrected chi connectivity index (χ3v) is 5.23. The molecular weight excluding hydrogens is 387 g/mol. The van der Waals surface area contributed by atoms with Crippen molar-refractivity contribution in [2.24, 2.45) is 0 Å². The summed E-state index contributed by atoms with van der Waals surface area (Å²) >= 11 is 7.27. The molecular formula is C19H18ClFN4OS. The van der Waals surface area contributed by atoms with Crippen molar-refractivity contribution in [1.82, 2.24) is 14.8 Å². The molecule has 2 aromatic carbocycles. The number of benzene rings is 2. The van der Waals surface area contributed by atoms with Crippen LogP contribution in [0.2, 0.25) is 5.02 Å². The van der Waals surface area contributed by atoms with Crippen LogP contribution in [0, 0.1) is 5.82 Å². The Labute approximate surface area is 166 Å². The maximum Gasteiger partial charge on any atom is 0.237 e. The summed E-state index contributed by atoms with van der Waals surface area (Å²) < 4.78 is 14.9. The molecule has 0 bridgehead atoms. The van der Waals surface area contributed by atoms with Gasteiger partial charge in [0.2, 0.25) is 5.91 Å². The fourth-order valence-electron chi connectivity index (χ4n) is 2.46. The van der Waals surface area contributed by atoms with Crippen LogP contribution in [0.15, 0.2) is 53.7 Å². The molecule has 0 fully saturated rings. The Kier molecular flexibility index (Phi) is 6.13. The fraction of sp³-hybridized carbons (Fsp3) is 0.211. The zero-order chi connectivity index (χ0) is 19.4. The number of hydrogen-bond acceptors (Lipinski definition) is 4. The molecule has 1 unspecified atom stereocenters. The van der Waals surface area contributed by atoms with E-state index in [1.807, 2.05) is 23.6 Å². The van der Waals surface area contributed by atoms with Crippen LogP contribution in [-0.4, -0.2) is 25.9 Å². The van der Waals surface area contributed by atoms with Crippen molar-refractivity contribution in [3.63, 3.8) is 0 Å². The fourth-order valence-corrected chi connectivity index (χ4v) is 3.50. The first-order valence-corrected chi connectivity index (χ1v) is 9.66. The smallest absolute Gasteiger partial charge is 0.237 e. The summed E-state index contributed by atoms with van der Waals surface area (Å²) in [6, 6.07) is 13.0. The van der Waals surface area contributed by atoms with Crippen molar-refractivity contribution in [1.29, 1.82) is 0 Å². The zero-order valence-electron chi connectivity index (χ0n) is 14.8. The molecule has 0 saturated carbocycles. The van der Waals surface area contributed by atoms with Crippen LogP contribution in [-0.2, 0) is 11.3 Å². The topological polar surface area (TPSA) is 59.8 Å². The van der Waals surface area contributed by atoms with Gasteiger partial charge in [-0.15, -0.1) is 10.2 Å². The minimum atomic E-state index is -0.400. The van der Waals surface area contributed by atoms with Gasteiger partial charge < -0.3 is 9.88 Å². The minimum Gasteiger partial charge on any atom is -0.325 e. The number of nitrogens with one attached hydrogen (secondary N) is 1. The second-order valence-electron chi connectivity index (χ2n) is 5.81. The standard InChI is InChI=1S/C19H18ClFN4OS/c1-3-25-17(13-4-6-14(20)7-5-13)23-24-19(25)27-12(2)18(26)22-16-10-8-15(21)9-11-16/h4-12H,3H2,1-2H3,(H,22,26). The van der Waals surface area contributed by atoms with Crippen LogP contribution in [0.5, 0.6) is 0 Å². The Hall–Kier alpha value is -2.38. The van der Waals surface area contributed by atoms with E-state index in [4.69, 9.17) is 11.6 Å². The highest BCUT2D eigenvalue weighted by Gasteiger charge is 2.20. The summed E-state index contributed by atoms with van der Waals surface area (Å²) in [7, 11) is 0. The summed E-state index contributed by atoms with van der Waals surface area (Å²) in [6.45, 7) is 4.45. The van der Waals surface area contributed by atoms with Crippen molar-refractivity contribution >= 4 is 35.0 Å². The first kappa shape index (κ1) is 19.4. The molecule has 3 rings (SSSR count). The van der Waals surface area contributed by atoms with Crippen LogP contribution < -0.4 is 5.32 Å². The quantitative estimate of drug-likeness (QED) is 0.595. The van der Waals surface area contributed by atoms with Crippen molar-refractivity contribution < 1.29 is 9.18 Å². The summed E-state index contributed by atoms with van der Waals surface area (Å²) in [5.74, 6) is 0.189. The lowest BCUT2D eigenvalue weighted by Crippen LogP contribution is -2.23. The lowest BCUT2D eigenvalue weighted by Gasteiger charge is -2.13. The van der Waals surface area contributed by atoms with Gasteiger partial charge in [-0.2, -0.15) is 0 Å². The maximum atomic E-state index is 13.0. The first-order valence-electron chi connectivity index (χ1n) is 8.40. The van der Waals surface area contributed by atoms with E-state index in [9.17, 15) is 9.18 Å². The largest absolute Gasteiger partial charge is 0.325 e. The second kappa shape index (κ2) is 8.54. The lowest BCUT2D eigenvalue weighted by molar-refractivity contribution is -0.115. The number of carbonyl (C=O) groups excluding carboxylic acids is 1. The number of aromatic nitrogens is 3. The van der Waals surface area contributed by atoms with E-state index in [2.05, 4.69) is 15.5 Å². The molecule has 0 saturated heterocycles. The van der Waals surface area contributed by atoms with Crippen LogP contribution in [0.3, 0.4) is 0 Å². The molecule has 8 heteroatoms. The van der Waals surface area contributed by atoms with Gasteiger partial charge in [-0.3, -0.25) is 4.79 Å². The number of hydrogen-bond donors (Lipinski definition) is 1. The molecule has 1 heterocycles. The van der Waals surface area contributed by atoms with Gasteiger partial charge in [0.05, 0.1) is 5.25 Å². The van der Waals surface area contributed by atoms with Gasteiger partial charge in [0.15, 0.2) is 11.0 Å². The van der Waals surface area contributed by atoms with Crippen LogP contribution >= 0.6 is 23.4 Å². The molecule has 27 heavy (non-hydrogen) atoms. The first-order chi connectivity index (χ1) is 13.0. The van der Waals surface area contributed by atoms with Crippen molar-refractivity contribution in [2.45, 2.75) is 30.8 Å². The van der Waals surface area contributed by atoms with Gasteiger partial charge in [-0.05, 0) is 62.4 Å². The van der Waals surface area contributed by atoms with Gasteiger partial charge in [0, 0.05) is 22.8 Å². The Morgan fingerprint density at radius 3 is 2.48 bits per heavy atom. The molecule has 1 aromatic heterocycles. The van der Waals surface area contributed by atoms with E-state index in [0.29, 0.717) is 22.4 Å². The third kappa shape index (κ3) is 4.67. The number of halogens is 2. The van der Waals surface area contributed by atoms with Crippen molar-refractivity contribution in [3.05, 3.63) is 59.4 Å². The molecule has 0 spiro atoms. The maximum absolute atomic E-state index is 13.0. The highest BCUT2D eigenvalue weighted by Crippen LogP contribution is 2.28. The summed E-state index contributed by atoms with van der Waals surface area (Å²) in [5.41, 5.74) is 1.46. The van der Waals surface area contributed by atoms with Crippen molar-refractivity contribution in [3.8, 4) is 11.4 Å². The highest BCUT2D eigenvalue weighted by molar-refractivity contribution is 8.00. The van der Waals surface area contributed by atoms with Crippen LogP contribution in [0.25, 0.3) is 11.4 Å². The zero-order valence-corrected chi connectivity index (χ0v) is 16.4. The number of anilines is 1. The number of rotatable bonds is 6. The van der Waals surface area contributed by atoms with Gasteiger partial charge >= 0.3 is 0 Å². The Morgan fingerprint density at radius 2 is 1.85 bits per heavy atom. The molecule has 0 aliphatic heterocycles. The van der Waals surface area contributed by atoms with Gasteiger partial charge in [-0.1, -0.05) is 23.4 Å². The van der Waals surface area contributed by atoms with Crippen molar-refractivity contribution in [2.75, 3.05) is 5.32 Å². The van der Waals surface area contributed by atoms with E-state index in [0.717, 1.165) is 11.4 Å². The molecule has 0 aliphatic carbocycles. The monoisotopic (exact) mass is 404 g/mol. The average Bonchev–Trinajstić information content (AvgIpc) is 3.06.